The van der Waals surface area contributed by atoms with Gasteiger partial charge in [0.1, 0.15) is 0 Å². The largest absolute Gasteiger partial charge is 0.449 e. The molecule has 3 N–H and O–H groups in total. The number of rotatable bonds is 5. The van der Waals surface area contributed by atoms with E-state index in [-0.39, 0.29) is 5.41 Å². The van der Waals surface area contributed by atoms with Crippen LogP contribution in [0.4, 0.5) is 4.79 Å². The summed E-state index contributed by atoms with van der Waals surface area (Å²) in [7, 11) is 0. The SMILES string of the molecule is CCNCC(C)(C)COC(N)=O. The number of primary amides is 1. The van der Waals surface area contributed by atoms with Crippen molar-refractivity contribution in [3.8, 4) is 0 Å². The molecule has 4 nitrogen and oxygen atoms in total. The maximum atomic E-state index is 10.3. The molecule has 0 saturated heterocycles. The molecule has 0 aromatic carbocycles. The van der Waals surface area contributed by atoms with Gasteiger partial charge in [-0.15, -0.1) is 0 Å². The molecule has 72 valence electrons. The minimum absolute atomic E-state index is 0.0506. The van der Waals surface area contributed by atoms with Crippen molar-refractivity contribution in [2.24, 2.45) is 11.1 Å². The highest BCUT2D eigenvalue weighted by Crippen LogP contribution is 2.13. The Balaban J connectivity index is 3.63. The number of carbonyl (C=O) groups excluding carboxylic acids is 1. The van der Waals surface area contributed by atoms with Crippen molar-refractivity contribution in [2.45, 2.75) is 20.8 Å². The maximum absolute atomic E-state index is 10.3. The molecule has 0 spiro atoms. The summed E-state index contributed by atoms with van der Waals surface area (Å²) in [6.07, 6.45) is -0.709. The van der Waals surface area contributed by atoms with Crippen LogP contribution in [0.25, 0.3) is 0 Å². The fourth-order valence-corrected chi connectivity index (χ4v) is 0.781. The van der Waals surface area contributed by atoms with Gasteiger partial charge in [-0.2, -0.15) is 0 Å². The zero-order valence-corrected chi connectivity index (χ0v) is 8.02. The summed E-state index contributed by atoms with van der Waals surface area (Å²) in [6.45, 7) is 8.15. The number of nitrogens with one attached hydrogen (secondary N) is 1. The second-order valence-corrected chi connectivity index (χ2v) is 3.55. The van der Waals surface area contributed by atoms with Gasteiger partial charge in [-0.25, -0.2) is 4.79 Å². The Bertz CT molecular complexity index is 146. The van der Waals surface area contributed by atoms with Gasteiger partial charge in [-0.1, -0.05) is 20.8 Å². The molecule has 0 radical (unpaired) electrons. The van der Waals surface area contributed by atoms with Gasteiger partial charge in [0, 0.05) is 12.0 Å². The van der Waals surface area contributed by atoms with Crippen LogP contribution in [0.2, 0.25) is 0 Å². The molecule has 12 heavy (non-hydrogen) atoms. The molecule has 0 aromatic rings. The molecule has 0 saturated carbocycles. The van der Waals surface area contributed by atoms with Gasteiger partial charge in [0.25, 0.3) is 0 Å². The zero-order valence-electron chi connectivity index (χ0n) is 8.02. The highest BCUT2D eigenvalue weighted by atomic mass is 16.5. The molecule has 0 aromatic heterocycles. The first-order valence-electron chi connectivity index (χ1n) is 4.11. The number of amides is 1. The molecule has 4 heteroatoms. The molecule has 0 heterocycles. The number of hydrogen-bond acceptors (Lipinski definition) is 3. The van der Waals surface area contributed by atoms with Gasteiger partial charge in [-0.3, -0.25) is 0 Å². The maximum Gasteiger partial charge on any atom is 0.404 e. The Labute approximate surface area is 73.5 Å². The van der Waals surface area contributed by atoms with Crippen molar-refractivity contribution in [3.63, 3.8) is 0 Å². The third-order valence-corrected chi connectivity index (χ3v) is 1.46. The van der Waals surface area contributed by atoms with Crippen LogP contribution < -0.4 is 11.1 Å². The summed E-state index contributed by atoms with van der Waals surface area (Å²) in [5, 5.41) is 3.18. The number of hydrogen-bond donors (Lipinski definition) is 2. The van der Waals surface area contributed by atoms with Crippen molar-refractivity contribution in [1.82, 2.24) is 5.32 Å². The van der Waals surface area contributed by atoms with Crippen LogP contribution in [-0.4, -0.2) is 25.8 Å². The monoisotopic (exact) mass is 174 g/mol. The average molecular weight is 174 g/mol. The molecule has 0 rings (SSSR count). The first-order chi connectivity index (χ1) is 5.48. The van der Waals surface area contributed by atoms with E-state index in [2.05, 4.69) is 5.32 Å². The van der Waals surface area contributed by atoms with Crippen LogP contribution in [0.5, 0.6) is 0 Å². The highest BCUT2D eigenvalue weighted by molar-refractivity contribution is 5.64. The summed E-state index contributed by atoms with van der Waals surface area (Å²) < 4.78 is 4.70. The molecular formula is C8H18N2O2. The molecular weight excluding hydrogens is 156 g/mol. The predicted octanol–water partition coefficient (Wildman–Crippen LogP) is 0.717. The molecule has 0 aliphatic heterocycles. The minimum atomic E-state index is -0.709. The third-order valence-electron chi connectivity index (χ3n) is 1.46. The van der Waals surface area contributed by atoms with E-state index in [9.17, 15) is 4.79 Å². The molecule has 0 aliphatic rings. The highest BCUT2D eigenvalue weighted by Gasteiger charge is 2.18. The van der Waals surface area contributed by atoms with E-state index < -0.39 is 6.09 Å². The van der Waals surface area contributed by atoms with Gasteiger partial charge in [0.05, 0.1) is 6.61 Å². The lowest BCUT2D eigenvalue weighted by molar-refractivity contribution is 0.106. The second kappa shape index (κ2) is 4.98. The smallest absolute Gasteiger partial charge is 0.404 e. The first kappa shape index (κ1) is 11.2. The Kier molecular flexibility index (Phi) is 4.66. The van der Waals surface area contributed by atoms with Crippen molar-refractivity contribution >= 4 is 6.09 Å². The van der Waals surface area contributed by atoms with E-state index in [4.69, 9.17) is 10.5 Å². The second-order valence-electron chi connectivity index (χ2n) is 3.55. The van der Waals surface area contributed by atoms with E-state index in [1.807, 2.05) is 20.8 Å². The Morgan fingerprint density at radius 2 is 2.17 bits per heavy atom. The van der Waals surface area contributed by atoms with Gasteiger partial charge in [-0.05, 0) is 6.54 Å². The van der Waals surface area contributed by atoms with E-state index >= 15 is 0 Å². The lowest BCUT2D eigenvalue weighted by Gasteiger charge is -2.23. The van der Waals surface area contributed by atoms with E-state index in [0.29, 0.717) is 6.61 Å². The standard InChI is InChI=1S/C8H18N2O2/c1-4-10-5-8(2,3)6-12-7(9)11/h10H,4-6H2,1-3H3,(H2,9,11). The van der Waals surface area contributed by atoms with Gasteiger partial charge < -0.3 is 15.8 Å². The summed E-state index contributed by atoms with van der Waals surface area (Å²) >= 11 is 0. The van der Waals surface area contributed by atoms with Crippen LogP contribution in [0.15, 0.2) is 0 Å². The van der Waals surface area contributed by atoms with Crippen LogP contribution >= 0.6 is 0 Å². The fourth-order valence-electron chi connectivity index (χ4n) is 0.781. The quantitative estimate of drug-likeness (QED) is 0.645. The molecule has 0 unspecified atom stereocenters. The summed E-state index contributed by atoms with van der Waals surface area (Å²) in [5.41, 5.74) is 4.80. The zero-order chi connectivity index (χ0) is 9.61. The normalized spacial score (nSPS) is 11.2. The molecule has 0 bridgehead atoms. The van der Waals surface area contributed by atoms with Crippen LogP contribution in [0.1, 0.15) is 20.8 Å². The van der Waals surface area contributed by atoms with Gasteiger partial charge >= 0.3 is 6.09 Å². The van der Waals surface area contributed by atoms with Crippen molar-refractivity contribution < 1.29 is 9.53 Å². The fraction of sp³-hybridized carbons (Fsp3) is 0.875. The van der Waals surface area contributed by atoms with Gasteiger partial charge in [0.2, 0.25) is 0 Å². The van der Waals surface area contributed by atoms with E-state index in [0.717, 1.165) is 13.1 Å². The van der Waals surface area contributed by atoms with Crippen LogP contribution in [0.3, 0.4) is 0 Å². The topological polar surface area (TPSA) is 64.3 Å². The van der Waals surface area contributed by atoms with Crippen molar-refractivity contribution in [1.29, 1.82) is 0 Å². The summed E-state index contributed by atoms with van der Waals surface area (Å²) in [5.74, 6) is 0. The van der Waals surface area contributed by atoms with Crippen LogP contribution in [0, 0.1) is 5.41 Å². The summed E-state index contributed by atoms with van der Waals surface area (Å²) in [6, 6.07) is 0. The lowest BCUT2D eigenvalue weighted by atomic mass is 9.95. The van der Waals surface area contributed by atoms with E-state index in [1.54, 1.807) is 0 Å². The van der Waals surface area contributed by atoms with Crippen molar-refractivity contribution in [2.75, 3.05) is 19.7 Å². The Hall–Kier alpha value is -0.770. The number of carbonyl (C=O) groups is 1. The Morgan fingerprint density at radius 1 is 1.58 bits per heavy atom. The predicted molar refractivity (Wildman–Crippen MR) is 47.9 cm³/mol. The van der Waals surface area contributed by atoms with Crippen molar-refractivity contribution in [3.05, 3.63) is 0 Å². The number of nitrogens with two attached hydrogens (primary N) is 1. The molecule has 1 amide bonds. The lowest BCUT2D eigenvalue weighted by Crippen LogP contribution is -2.34. The third kappa shape index (κ3) is 5.97. The Morgan fingerprint density at radius 3 is 2.58 bits per heavy atom. The molecule has 0 fully saturated rings. The average Bonchev–Trinajstić information content (AvgIpc) is 1.98. The van der Waals surface area contributed by atoms with Gasteiger partial charge in [0.15, 0.2) is 0 Å². The van der Waals surface area contributed by atoms with E-state index in [1.165, 1.54) is 0 Å². The number of ether oxygens (including phenoxy) is 1. The molecule has 0 aliphatic carbocycles. The first-order valence-corrected chi connectivity index (χ1v) is 4.11. The minimum Gasteiger partial charge on any atom is -0.449 e. The molecule has 0 atom stereocenters. The summed E-state index contributed by atoms with van der Waals surface area (Å²) in [4.78, 5) is 10.3. The van der Waals surface area contributed by atoms with Crippen LogP contribution in [-0.2, 0) is 4.74 Å².